The van der Waals surface area contributed by atoms with Crippen LogP contribution < -0.4 is 10.5 Å². The molecule has 72 valence electrons. The molecule has 0 saturated carbocycles. The third-order valence-electron chi connectivity index (χ3n) is 1.80. The minimum atomic E-state index is -0.658. The summed E-state index contributed by atoms with van der Waals surface area (Å²) in [6.07, 6.45) is 0. The van der Waals surface area contributed by atoms with Gasteiger partial charge in [-0.3, -0.25) is 0 Å². The fraction of sp³-hybridized carbons (Fsp3) is 0.333. The fourth-order valence-electron chi connectivity index (χ4n) is 1.01. The number of phenols is 1. The first-order valence-corrected chi connectivity index (χ1v) is 3.87. The highest BCUT2D eigenvalue weighted by atomic mass is 19.1. The molecule has 3 nitrogen and oxygen atoms in total. The number of alkyl halides is 1. The van der Waals surface area contributed by atoms with E-state index in [0.717, 1.165) is 0 Å². The molecule has 3 N–H and O–H groups in total. The van der Waals surface area contributed by atoms with Crippen LogP contribution in [0.3, 0.4) is 0 Å². The van der Waals surface area contributed by atoms with Crippen molar-refractivity contribution >= 4 is 0 Å². The molecule has 1 aromatic carbocycles. The van der Waals surface area contributed by atoms with Crippen LogP contribution in [0.5, 0.6) is 11.5 Å². The van der Waals surface area contributed by atoms with E-state index in [-0.39, 0.29) is 5.75 Å². The zero-order chi connectivity index (χ0) is 9.84. The first kappa shape index (κ1) is 9.80. The molecular formula is C9H12FNO2. The molecule has 4 heteroatoms. The van der Waals surface area contributed by atoms with Crippen molar-refractivity contribution in [1.82, 2.24) is 0 Å². The lowest BCUT2D eigenvalue weighted by Crippen LogP contribution is -2.11. The summed E-state index contributed by atoms with van der Waals surface area (Å²) in [7, 11) is 1.43. The number of benzene rings is 1. The van der Waals surface area contributed by atoms with Crippen molar-refractivity contribution in [2.75, 3.05) is 13.8 Å². The second-order valence-electron chi connectivity index (χ2n) is 2.69. The minimum Gasteiger partial charge on any atom is -0.504 e. The van der Waals surface area contributed by atoms with Crippen LogP contribution in [0.2, 0.25) is 0 Å². The second kappa shape index (κ2) is 4.09. The molecular weight excluding hydrogens is 173 g/mol. The zero-order valence-corrected chi connectivity index (χ0v) is 7.33. The van der Waals surface area contributed by atoms with Gasteiger partial charge in [0.25, 0.3) is 0 Å². The van der Waals surface area contributed by atoms with E-state index >= 15 is 0 Å². The van der Waals surface area contributed by atoms with Gasteiger partial charge in [-0.1, -0.05) is 6.07 Å². The molecule has 0 unspecified atom stereocenters. The van der Waals surface area contributed by atoms with Gasteiger partial charge in [0.05, 0.1) is 13.2 Å². The van der Waals surface area contributed by atoms with Crippen molar-refractivity contribution < 1.29 is 14.2 Å². The Balaban J connectivity index is 2.99. The maximum Gasteiger partial charge on any atom is 0.160 e. The van der Waals surface area contributed by atoms with Crippen LogP contribution in [0.1, 0.15) is 11.6 Å². The van der Waals surface area contributed by atoms with Gasteiger partial charge in [0.1, 0.15) is 6.67 Å². The summed E-state index contributed by atoms with van der Waals surface area (Å²) in [6, 6.07) is 3.88. The molecule has 1 aromatic rings. The van der Waals surface area contributed by atoms with Gasteiger partial charge >= 0.3 is 0 Å². The summed E-state index contributed by atoms with van der Waals surface area (Å²) in [5.41, 5.74) is 6.06. The Morgan fingerprint density at radius 2 is 2.31 bits per heavy atom. The molecule has 0 heterocycles. The number of phenolic OH excluding ortho intramolecular Hbond substituents is 1. The average molecular weight is 185 g/mol. The van der Waals surface area contributed by atoms with Crippen LogP contribution in [-0.2, 0) is 0 Å². The number of hydrogen-bond acceptors (Lipinski definition) is 3. The quantitative estimate of drug-likeness (QED) is 0.747. The monoisotopic (exact) mass is 185 g/mol. The molecule has 0 bridgehead atoms. The minimum absolute atomic E-state index is 0.0253. The van der Waals surface area contributed by atoms with Crippen LogP contribution in [0.4, 0.5) is 4.39 Å². The first-order chi connectivity index (χ1) is 6.19. The third-order valence-corrected chi connectivity index (χ3v) is 1.80. The largest absolute Gasteiger partial charge is 0.504 e. The van der Waals surface area contributed by atoms with Crippen molar-refractivity contribution in [3.05, 3.63) is 23.8 Å². The Labute approximate surface area is 75.9 Å². The number of hydrogen-bond donors (Lipinski definition) is 2. The molecule has 0 aromatic heterocycles. The van der Waals surface area contributed by atoms with Crippen molar-refractivity contribution in [2.24, 2.45) is 5.73 Å². The molecule has 0 aliphatic carbocycles. The Morgan fingerprint density at radius 3 is 2.85 bits per heavy atom. The summed E-state index contributed by atoms with van der Waals surface area (Å²) in [5, 5.41) is 9.23. The molecule has 1 rings (SSSR count). The number of aromatic hydroxyl groups is 1. The Kier molecular flexibility index (Phi) is 3.08. The topological polar surface area (TPSA) is 55.5 Å². The summed E-state index contributed by atoms with van der Waals surface area (Å²) in [6.45, 7) is -0.631. The maximum atomic E-state index is 12.2. The predicted molar refractivity (Wildman–Crippen MR) is 47.6 cm³/mol. The van der Waals surface area contributed by atoms with E-state index in [2.05, 4.69) is 0 Å². The van der Waals surface area contributed by atoms with E-state index in [0.29, 0.717) is 11.3 Å². The van der Waals surface area contributed by atoms with Crippen molar-refractivity contribution in [3.8, 4) is 11.5 Å². The van der Waals surface area contributed by atoms with Gasteiger partial charge in [-0.15, -0.1) is 0 Å². The van der Waals surface area contributed by atoms with Crippen LogP contribution in [0, 0.1) is 0 Å². The van der Waals surface area contributed by atoms with Crippen LogP contribution in [0.25, 0.3) is 0 Å². The lowest BCUT2D eigenvalue weighted by molar-refractivity contribution is 0.371. The van der Waals surface area contributed by atoms with E-state index in [1.165, 1.54) is 19.2 Å². The average Bonchev–Trinajstić information content (AvgIpc) is 2.17. The third kappa shape index (κ3) is 2.09. The Bertz CT molecular complexity index is 291. The number of methoxy groups -OCH3 is 1. The molecule has 1 atom stereocenters. The van der Waals surface area contributed by atoms with Crippen LogP contribution in [0.15, 0.2) is 18.2 Å². The molecule has 0 aliphatic heterocycles. The van der Waals surface area contributed by atoms with E-state index < -0.39 is 12.7 Å². The highest BCUT2D eigenvalue weighted by molar-refractivity contribution is 5.42. The Hall–Kier alpha value is -1.29. The molecule has 0 aliphatic rings. The molecule has 0 spiro atoms. The lowest BCUT2D eigenvalue weighted by Gasteiger charge is -2.09. The fourth-order valence-corrected chi connectivity index (χ4v) is 1.01. The normalized spacial score (nSPS) is 12.5. The van der Waals surface area contributed by atoms with Gasteiger partial charge in [0.2, 0.25) is 0 Å². The number of ether oxygens (including phenoxy) is 1. The van der Waals surface area contributed by atoms with E-state index in [4.69, 9.17) is 10.5 Å². The van der Waals surface area contributed by atoms with Gasteiger partial charge in [0.15, 0.2) is 11.5 Å². The van der Waals surface area contributed by atoms with E-state index in [1.807, 2.05) is 0 Å². The zero-order valence-electron chi connectivity index (χ0n) is 7.33. The summed E-state index contributed by atoms with van der Waals surface area (Å²) >= 11 is 0. The molecule has 13 heavy (non-hydrogen) atoms. The van der Waals surface area contributed by atoms with Crippen molar-refractivity contribution in [3.63, 3.8) is 0 Å². The molecule has 0 fully saturated rings. The van der Waals surface area contributed by atoms with Crippen molar-refractivity contribution in [1.29, 1.82) is 0 Å². The number of rotatable bonds is 3. The lowest BCUT2D eigenvalue weighted by atomic mass is 10.1. The van der Waals surface area contributed by atoms with Gasteiger partial charge in [-0.2, -0.15) is 0 Å². The maximum absolute atomic E-state index is 12.2. The molecule has 0 amide bonds. The summed E-state index contributed by atoms with van der Waals surface area (Å²) < 4.78 is 17.0. The Morgan fingerprint density at radius 1 is 1.62 bits per heavy atom. The van der Waals surface area contributed by atoms with Crippen molar-refractivity contribution in [2.45, 2.75) is 6.04 Å². The highest BCUT2D eigenvalue weighted by Gasteiger charge is 2.08. The summed E-state index contributed by atoms with van der Waals surface area (Å²) in [5.74, 6) is 0.332. The van der Waals surface area contributed by atoms with E-state index in [9.17, 15) is 9.50 Å². The van der Waals surface area contributed by atoms with Gasteiger partial charge in [-0.05, 0) is 17.7 Å². The standard InChI is InChI=1S/C9H12FNO2/c1-13-9-4-6(7(11)5-10)2-3-8(9)12/h2-4,7,12H,5,11H2,1H3/t7-/m0/s1. The van der Waals surface area contributed by atoms with Crippen LogP contribution in [-0.4, -0.2) is 18.9 Å². The number of nitrogens with two attached hydrogens (primary N) is 1. The number of halogens is 1. The highest BCUT2D eigenvalue weighted by Crippen LogP contribution is 2.28. The first-order valence-electron chi connectivity index (χ1n) is 3.87. The van der Waals surface area contributed by atoms with Gasteiger partial charge < -0.3 is 15.6 Å². The second-order valence-corrected chi connectivity index (χ2v) is 2.69. The van der Waals surface area contributed by atoms with Gasteiger partial charge in [-0.25, -0.2) is 4.39 Å². The smallest absolute Gasteiger partial charge is 0.160 e. The molecule has 0 saturated heterocycles. The van der Waals surface area contributed by atoms with E-state index in [1.54, 1.807) is 6.07 Å². The van der Waals surface area contributed by atoms with Crippen LogP contribution >= 0.6 is 0 Å². The summed E-state index contributed by atoms with van der Waals surface area (Å²) in [4.78, 5) is 0. The van der Waals surface area contributed by atoms with Gasteiger partial charge in [0, 0.05) is 0 Å². The predicted octanol–water partition coefficient (Wildman–Crippen LogP) is 1.37. The SMILES string of the molecule is COc1cc([C@@H](N)CF)ccc1O. The molecule has 0 radical (unpaired) electrons.